The van der Waals surface area contributed by atoms with Crippen LogP contribution in [0.5, 0.6) is 0 Å². The number of hydrogen-bond donors (Lipinski definition) is 3. The van der Waals surface area contributed by atoms with Crippen molar-refractivity contribution in [1.29, 1.82) is 0 Å². The lowest BCUT2D eigenvalue weighted by atomic mass is 9.98. The summed E-state index contributed by atoms with van der Waals surface area (Å²) in [5, 5.41) is 15.0. The molecule has 3 N–H and O–H groups in total. The van der Waals surface area contributed by atoms with Crippen molar-refractivity contribution in [2.24, 2.45) is 11.8 Å². The Hall–Kier alpha value is -3.15. The van der Waals surface area contributed by atoms with Gasteiger partial charge in [-0.2, -0.15) is 0 Å². The summed E-state index contributed by atoms with van der Waals surface area (Å²) in [6, 6.07) is 15.7. The van der Waals surface area contributed by atoms with Gasteiger partial charge in [0.2, 0.25) is 5.91 Å². The second kappa shape index (κ2) is 10.4. The van der Waals surface area contributed by atoms with Gasteiger partial charge in [-0.1, -0.05) is 62.4 Å². The minimum Gasteiger partial charge on any atom is -0.481 e. The number of carboxylic acid groups (broad SMARTS) is 1. The third-order valence-corrected chi connectivity index (χ3v) is 4.82. The van der Waals surface area contributed by atoms with Crippen LogP contribution in [-0.2, 0) is 16.0 Å². The number of carboxylic acids is 1. The highest BCUT2D eigenvalue weighted by Gasteiger charge is 2.27. The van der Waals surface area contributed by atoms with Gasteiger partial charge in [-0.05, 0) is 36.5 Å². The molecule has 2 aromatic rings. The predicted octanol–water partition coefficient (Wildman–Crippen LogP) is 2.81. The van der Waals surface area contributed by atoms with Crippen LogP contribution in [0.1, 0.15) is 35.3 Å². The van der Waals surface area contributed by atoms with Crippen LogP contribution in [-0.4, -0.2) is 35.5 Å². The molecule has 2 amide bonds. The average Bonchev–Trinajstić information content (AvgIpc) is 2.69. The molecule has 0 radical (unpaired) electrons. The Balaban J connectivity index is 2.01. The molecule has 29 heavy (non-hydrogen) atoms. The molecular formula is C23H28N2O4. The predicted molar refractivity (Wildman–Crippen MR) is 112 cm³/mol. The van der Waals surface area contributed by atoms with Crippen LogP contribution in [0.15, 0.2) is 54.6 Å². The van der Waals surface area contributed by atoms with Gasteiger partial charge in [-0.15, -0.1) is 0 Å². The molecule has 0 spiro atoms. The van der Waals surface area contributed by atoms with Crippen molar-refractivity contribution in [3.05, 3.63) is 71.3 Å². The second-order valence-corrected chi connectivity index (χ2v) is 7.48. The Bertz CT molecular complexity index is 849. The topological polar surface area (TPSA) is 95.5 Å². The van der Waals surface area contributed by atoms with Gasteiger partial charge in [0, 0.05) is 12.1 Å². The van der Waals surface area contributed by atoms with Gasteiger partial charge in [0.1, 0.15) is 6.04 Å². The van der Waals surface area contributed by atoms with E-state index in [2.05, 4.69) is 10.6 Å². The normalized spacial score (nSPS) is 12.8. The number of amides is 2. The number of carbonyl (C=O) groups excluding carboxylic acids is 2. The smallest absolute Gasteiger partial charge is 0.308 e. The average molecular weight is 396 g/mol. The van der Waals surface area contributed by atoms with E-state index in [-0.39, 0.29) is 24.3 Å². The van der Waals surface area contributed by atoms with Crippen molar-refractivity contribution in [2.45, 2.75) is 33.2 Å². The Kier molecular flexibility index (Phi) is 7.95. The van der Waals surface area contributed by atoms with Gasteiger partial charge in [-0.25, -0.2) is 0 Å². The zero-order valence-corrected chi connectivity index (χ0v) is 17.0. The van der Waals surface area contributed by atoms with Crippen molar-refractivity contribution in [2.75, 3.05) is 6.54 Å². The molecule has 0 fully saturated rings. The maximum atomic E-state index is 12.7. The summed E-state index contributed by atoms with van der Waals surface area (Å²) < 4.78 is 0. The van der Waals surface area contributed by atoms with Crippen molar-refractivity contribution < 1.29 is 19.5 Å². The first-order chi connectivity index (χ1) is 13.8. The Morgan fingerprint density at radius 1 is 0.966 bits per heavy atom. The number of aliphatic carboxylic acids is 1. The summed E-state index contributed by atoms with van der Waals surface area (Å²) in [6.45, 7) is 5.50. The molecule has 2 aromatic carbocycles. The monoisotopic (exact) mass is 396 g/mol. The summed E-state index contributed by atoms with van der Waals surface area (Å²) in [7, 11) is 0. The van der Waals surface area contributed by atoms with Crippen molar-refractivity contribution in [3.8, 4) is 0 Å². The quantitative estimate of drug-likeness (QED) is 0.607. The van der Waals surface area contributed by atoms with E-state index in [0.717, 1.165) is 11.1 Å². The highest BCUT2D eigenvalue weighted by Crippen LogP contribution is 2.11. The Morgan fingerprint density at radius 2 is 1.59 bits per heavy atom. The van der Waals surface area contributed by atoms with E-state index in [1.54, 1.807) is 12.1 Å². The zero-order valence-electron chi connectivity index (χ0n) is 17.0. The number of hydrogen-bond acceptors (Lipinski definition) is 3. The van der Waals surface area contributed by atoms with Crippen molar-refractivity contribution in [1.82, 2.24) is 10.6 Å². The summed E-state index contributed by atoms with van der Waals surface area (Å²) in [5.74, 6) is -2.59. The van der Waals surface area contributed by atoms with Gasteiger partial charge in [0.15, 0.2) is 0 Å². The summed E-state index contributed by atoms with van der Waals surface area (Å²) in [6.07, 6.45) is 0.318. The Morgan fingerprint density at radius 3 is 2.17 bits per heavy atom. The summed E-state index contributed by atoms with van der Waals surface area (Å²) >= 11 is 0. The summed E-state index contributed by atoms with van der Waals surface area (Å²) in [4.78, 5) is 36.9. The molecule has 2 rings (SSSR count). The van der Waals surface area contributed by atoms with Crippen molar-refractivity contribution in [3.63, 3.8) is 0 Å². The zero-order chi connectivity index (χ0) is 21.4. The van der Waals surface area contributed by atoms with Gasteiger partial charge in [-0.3, -0.25) is 14.4 Å². The van der Waals surface area contributed by atoms with Gasteiger partial charge in [0.05, 0.1) is 5.92 Å². The standard InChI is InChI=1S/C23H28N2O4/c1-15(2)20(25-21(26)19-12-8-7-9-16(19)3)22(27)24-14-18(23(28)29)13-17-10-5-4-6-11-17/h4-12,15,18,20H,13-14H2,1-3H3,(H,24,27)(H,25,26)(H,28,29). The minimum absolute atomic E-state index is 0.00742. The van der Waals surface area contributed by atoms with Crippen LogP contribution in [0.3, 0.4) is 0 Å². The second-order valence-electron chi connectivity index (χ2n) is 7.48. The van der Waals surface area contributed by atoms with Crippen LogP contribution in [0.2, 0.25) is 0 Å². The molecule has 0 heterocycles. The largest absolute Gasteiger partial charge is 0.481 e. The maximum Gasteiger partial charge on any atom is 0.308 e. The fraction of sp³-hybridized carbons (Fsp3) is 0.348. The third-order valence-electron chi connectivity index (χ3n) is 4.82. The van der Waals surface area contributed by atoms with E-state index in [1.165, 1.54) is 0 Å². The molecule has 0 saturated heterocycles. The third kappa shape index (κ3) is 6.45. The first-order valence-corrected chi connectivity index (χ1v) is 9.70. The molecular weight excluding hydrogens is 368 g/mol. The van der Waals surface area contributed by atoms with Crippen LogP contribution < -0.4 is 10.6 Å². The number of aryl methyl sites for hydroxylation is 1. The lowest BCUT2D eigenvalue weighted by molar-refractivity contribution is -0.141. The van der Waals surface area contributed by atoms with Crippen molar-refractivity contribution >= 4 is 17.8 Å². The molecule has 0 aromatic heterocycles. The first-order valence-electron chi connectivity index (χ1n) is 9.70. The molecule has 6 nitrogen and oxygen atoms in total. The first kappa shape index (κ1) is 22.1. The molecule has 0 saturated carbocycles. The van der Waals surface area contributed by atoms with Gasteiger partial charge in [0.25, 0.3) is 5.91 Å². The lowest BCUT2D eigenvalue weighted by Gasteiger charge is -2.23. The van der Waals surface area contributed by atoms with Crippen LogP contribution in [0.25, 0.3) is 0 Å². The molecule has 0 aliphatic rings. The fourth-order valence-corrected chi connectivity index (χ4v) is 3.06. The van der Waals surface area contributed by atoms with Crippen LogP contribution in [0.4, 0.5) is 0 Å². The van der Waals surface area contributed by atoms with E-state index in [0.29, 0.717) is 12.0 Å². The number of rotatable bonds is 9. The van der Waals surface area contributed by atoms with E-state index in [9.17, 15) is 19.5 Å². The van der Waals surface area contributed by atoms with E-state index in [4.69, 9.17) is 0 Å². The SMILES string of the molecule is Cc1ccccc1C(=O)NC(C(=O)NCC(Cc1ccccc1)C(=O)O)C(C)C. The van der Waals surface area contributed by atoms with Gasteiger partial charge >= 0.3 is 5.97 Å². The molecule has 2 atom stereocenters. The molecule has 0 aliphatic carbocycles. The molecule has 0 bridgehead atoms. The summed E-state index contributed by atoms with van der Waals surface area (Å²) in [5.41, 5.74) is 2.22. The highest BCUT2D eigenvalue weighted by molar-refractivity contribution is 5.98. The lowest BCUT2D eigenvalue weighted by Crippen LogP contribution is -2.51. The number of nitrogens with one attached hydrogen (secondary N) is 2. The molecule has 0 aliphatic heterocycles. The maximum absolute atomic E-state index is 12.7. The fourth-order valence-electron chi connectivity index (χ4n) is 3.06. The number of benzene rings is 2. The van der Waals surface area contributed by atoms with Crippen LogP contribution >= 0.6 is 0 Å². The molecule has 6 heteroatoms. The highest BCUT2D eigenvalue weighted by atomic mass is 16.4. The van der Waals surface area contributed by atoms with E-state index < -0.39 is 17.9 Å². The van der Waals surface area contributed by atoms with E-state index in [1.807, 2.05) is 63.2 Å². The molecule has 154 valence electrons. The number of carbonyl (C=O) groups is 3. The van der Waals surface area contributed by atoms with Crippen LogP contribution in [0, 0.1) is 18.8 Å². The minimum atomic E-state index is -0.973. The van der Waals surface area contributed by atoms with E-state index >= 15 is 0 Å². The van der Waals surface area contributed by atoms with Gasteiger partial charge < -0.3 is 15.7 Å². The molecule has 2 unspecified atom stereocenters. The Labute approximate surface area is 171 Å².